The van der Waals surface area contributed by atoms with Crippen LogP contribution in [0.5, 0.6) is 11.5 Å². The summed E-state index contributed by atoms with van der Waals surface area (Å²) in [5, 5.41) is 14.4. The zero-order chi connectivity index (χ0) is 20.8. The average molecular weight is 399 g/mol. The molecule has 0 radical (unpaired) electrons. The Morgan fingerprint density at radius 3 is 2.34 bits per heavy atom. The van der Waals surface area contributed by atoms with Crippen LogP contribution in [0.4, 0.5) is 5.69 Å². The number of ether oxygens (including phenoxy) is 2. The number of nitro groups is 1. The Morgan fingerprint density at radius 1 is 1.14 bits per heavy atom. The van der Waals surface area contributed by atoms with Gasteiger partial charge < -0.3 is 14.8 Å². The molecule has 29 heavy (non-hydrogen) atoms. The van der Waals surface area contributed by atoms with Crippen LogP contribution in [0.3, 0.4) is 0 Å². The van der Waals surface area contributed by atoms with Gasteiger partial charge in [-0.15, -0.1) is 0 Å². The van der Waals surface area contributed by atoms with Crippen LogP contribution in [0.1, 0.15) is 35.8 Å². The zero-order valence-electron chi connectivity index (χ0n) is 16.6. The first-order valence-corrected chi connectivity index (χ1v) is 9.70. The Labute approximate surface area is 169 Å². The van der Waals surface area contributed by atoms with E-state index in [0.717, 1.165) is 18.7 Å². The summed E-state index contributed by atoms with van der Waals surface area (Å²) >= 11 is 0. The number of likely N-dealkylation sites (N-methyl/N-ethyl adjacent to an activating group) is 1. The third-order valence-corrected chi connectivity index (χ3v) is 5.00. The summed E-state index contributed by atoms with van der Waals surface area (Å²) in [4.78, 5) is 26.0. The summed E-state index contributed by atoms with van der Waals surface area (Å²) in [7, 11) is 0. The van der Waals surface area contributed by atoms with Gasteiger partial charge in [-0.25, -0.2) is 0 Å². The number of nitro benzene ring substituents is 1. The second kappa shape index (κ2) is 9.38. The van der Waals surface area contributed by atoms with Crippen molar-refractivity contribution in [3.63, 3.8) is 0 Å². The highest BCUT2D eigenvalue weighted by Gasteiger charge is 2.27. The maximum atomic E-state index is 12.9. The van der Waals surface area contributed by atoms with Gasteiger partial charge in [0.05, 0.1) is 17.0 Å². The molecule has 0 aliphatic carbocycles. The van der Waals surface area contributed by atoms with Crippen molar-refractivity contribution >= 4 is 11.6 Å². The molecule has 0 bridgehead atoms. The van der Waals surface area contributed by atoms with Gasteiger partial charge in [-0.2, -0.15) is 0 Å². The fourth-order valence-electron chi connectivity index (χ4n) is 3.49. The van der Waals surface area contributed by atoms with Crippen molar-refractivity contribution < 1.29 is 19.2 Å². The number of fused-ring (bicyclic) bond motifs is 1. The van der Waals surface area contributed by atoms with Crippen LogP contribution in [0.15, 0.2) is 42.5 Å². The van der Waals surface area contributed by atoms with Crippen molar-refractivity contribution in [3.8, 4) is 11.5 Å². The van der Waals surface area contributed by atoms with Crippen molar-refractivity contribution in [3.05, 3.63) is 63.7 Å². The molecule has 0 fully saturated rings. The predicted octanol–water partition coefficient (Wildman–Crippen LogP) is 3.18. The first-order valence-electron chi connectivity index (χ1n) is 9.70. The molecule has 1 N–H and O–H groups in total. The lowest BCUT2D eigenvalue weighted by Gasteiger charge is -2.30. The number of carbonyl (C=O) groups is 1. The van der Waals surface area contributed by atoms with E-state index in [2.05, 4.69) is 24.1 Å². The van der Waals surface area contributed by atoms with E-state index in [-0.39, 0.29) is 23.0 Å². The molecule has 154 valence electrons. The van der Waals surface area contributed by atoms with E-state index in [1.165, 1.54) is 12.1 Å². The van der Waals surface area contributed by atoms with Crippen molar-refractivity contribution in [1.82, 2.24) is 10.2 Å². The molecular weight excluding hydrogens is 374 g/mol. The second-order valence-corrected chi connectivity index (χ2v) is 6.63. The van der Waals surface area contributed by atoms with Crippen molar-refractivity contribution in [2.24, 2.45) is 0 Å². The third kappa shape index (κ3) is 4.65. The zero-order valence-corrected chi connectivity index (χ0v) is 16.6. The summed E-state index contributed by atoms with van der Waals surface area (Å²) in [5.41, 5.74) is 0.740. The molecule has 2 aromatic rings. The average Bonchev–Trinajstić information content (AvgIpc) is 2.76. The monoisotopic (exact) mass is 399 g/mol. The number of benzene rings is 2. The van der Waals surface area contributed by atoms with Crippen LogP contribution < -0.4 is 14.8 Å². The fourth-order valence-corrected chi connectivity index (χ4v) is 3.49. The molecule has 1 atom stereocenters. The summed E-state index contributed by atoms with van der Waals surface area (Å²) in [5.74, 6) is 0.113. The van der Waals surface area contributed by atoms with Gasteiger partial charge in [0.2, 0.25) is 0 Å². The molecule has 2 aromatic carbocycles. The van der Waals surface area contributed by atoms with E-state index < -0.39 is 10.8 Å². The number of rotatable bonds is 8. The van der Waals surface area contributed by atoms with Gasteiger partial charge in [-0.1, -0.05) is 44.2 Å². The fraction of sp³-hybridized carbons (Fsp3) is 0.381. The summed E-state index contributed by atoms with van der Waals surface area (Å²) in [6.07, 6.45) is 0. The van der Waals surface area contributed by atoms with Crippen molar-refractivity contribution in [2.75, 3.05) is 32.8 Å². The first-order chi connectivity index (χ1) is 14.0. The maximum Gasteiger partial charge on any atom is 0.286 e. The largest absolute Gasteiger partial charge is 0.486 e. The third-order valence-electron chi connectivity index (χ3n) is 5.00. The standard InChI is InChI=1S/C21H25N3O5/c1-3-23(4-2)18(15-8-6-5-7-9-15)14-22-21(25)16-12-19-20(29-11-10-28-19)13-17(16)24(26)27/h5-9,12-13,18H,3-4,10-11,14H2,1-2H3,(H,22,25)/t18-/m1/s1. The van der Waals surface area contributed by atoms with Gasteiger partial charge in [0.1, 0.15) is 18.8 Å². The van der Waals surface area contributed by atoms with Gasteiger partial charge >= 0.3 is 0 Å². The Morgan fingerprint density at radius 2 is 1.76 bits per heavy atom. The molecular formula is C21H25N3O5. The summed E-state index contributed by atoms with van der Waals surface area (Å²) in [6, 6.07) is 12.5. The SMILES string of the molecule is CCN(CC)[C@H](CNC(=O)c1cc2c(cc1[N+](=O)[O-])OCCO2)c1ccccc1. The number of nitrogens with one attached hydrogen (secondary N) is 1. The Bertz CT molecular complexity index is 868. The molecule has 1 aliphatic rings. The van der Waals surface area contributed by atoms with E-state index in [0.29, 0.717) is 25.5 Å². The molecule has 8 nitrogen and oxygen atoms in total. The van der Waals surface area contributed by atoms with E-state index >= 15 is 0 Å². The smallest absolute Gasteiger partial charge is 0.286 e. The predicted molar refractivity (Wildman–Crippen MR) is 109 cm³/mol. The van der Waals surface area contributed by atoms with Crippen LogP contribution in [0.25, 0.3) is 0 Å². The van der Waals surface area contributed by atoms with Gasteiger partial charge in [0, 0.05) is 12.6 Å². The van der Waals surface area contributed by atoms with Crippen LogP contribution in [-0.2, 0) is 0 Å². The van der Waals surface area contributed by atoms with E-state index in [9.17, 15) is 14.9 Å². The number of nitrogens with zero attached hydrogens (tertiary/aromatic N) is 2. The molecule has 3 rings (SSSR count). The van der Waals surface area contributed by atoms with Gasteiger partial charge in [0.25, 0.3) is 11.6 Å². The molecule has 0 unspecified atom stereocenters. The van der Waals surface area contributed by atoms with E-state index in [1.54, 1.807) is 0 Å². The quantitative estimate of drug-likeness (QED) is 0.541. The summed E-state index contributed by atoms with van der Waals surface area (Å²) < 4.78 is 10.9. The number of hydrogen-bond acceptors (Lipinski definition) is 6. The minimum absolute atomic E-state index is 0.0357. The van der Waals surface area contributed by atoms with Gasteiger partial charge in [-0.05, 0) is 18.7 Å². The first kappa shape index (κ1) is 20.6. The molecule has 0 saturated heterocycles. The van der Waals surface area contributed by atoms with Crippen molar-refractivity contribution in [2.45, 2.75) is 19.9 Å². The van der Waals surface area contributed by atoms with Crippen molar-refractivity contribution in [1.29, 1.82) is 0 Å². The number of amides is 1. The Kier molecular flexibility index (Phi) is 6.66. The minimum atomic E-state index is -0.577. The Hall–Kier alpha value is -3.13. The highest BCUT2D eigenvalue weighted by molar-refractivity contribution is 5.99. The molecule has 0 aromatic heterocycles. The van der Waals surface area contributed by atoms with Crippen LogP contribution in [-0.4, -0.2) is 48.6 Å². The molecule has 1 heterocycles. The van der Waals surface area contributed by atoms with Crippen LogP contribution in [0, 0.1) is 10.1 Å². The highest BCUT2D eigenvalue weighted by atomic mass is 16.6. The highest BCUT2D eigenvalue weighted by Crippen LogP contribution is 2.36. The normalized spacial score (nSPS) is 13.8. The lowest BCUT2D eigenvalue weighted by atomic mass is 10.0. The molecule has 8 heteroatoms. The molecule has 0 spiro atoms. The number of carbonyl (C=O) groups excluding carboxylic acids is 1. The second-order valence-electron chi connectivity index (χ2n) is 6.63. The van der Waals surface area contributed by atoms with Gasteiger partial charge in [-0.3, -0.25) is 19.8 Å². The van der Waals surface area contributed by atoms with E-state index in [1.807, 2.05) is 30.3 Å². The molecule has 1 aliphatic heterocycles. The number of hydrogen-bond donors (Lipinski definition) is 1. The Balaban J connectivity index is 1.84. The molecule has 1 amide bonds. The molecule has 0 saturated carbocycles. The van der Waals surface area contributed by atoms with Crippen LogP contribution in [0.2, 0.25) is 0 Å². The minimum Gasteiger partial charge on any atom is -0.486 e. The topological polar surface area (TPSA) is 93.9 Å². The lowest BCUT2D eigenvalue weighted by molar-refractivity contribution is -0.385. The van der Waals surface area contributed by atoms with Crippen LogP contribution >= 0.6 is 0 Å². The maximum absolute atomic E-state index is 12.9. The van der Waals surface area contributed by atoms with Gasteiger partial charge in [0.15, 0.2) is 11.5 Å². The van der Waals surface area contributed by atoms with E-state index in [4.69, 9.17) is 9.47 Å². The lowest BCUT2D eigenvalue weighted by Crippen LogP contribution is -2.38. The summed E-state index contributed by atoms with van der Waals surface area (Å²) in [6.45, 7) is 6.74.